The van der Waals surface area contributed by atoms with Crippen molar-refractivity contribution in [3.05, 3.63) is 71.3 Å². The van der Waals surface area contributed by atoms with Crippen molar-refractivity contribution in [2.75, 3.05) is 20.1 Å². The highest BCUT2D eigenvalue weighted by atomic mass is 32.2. The lowest BCUT2D eigenvalue weighted by Crippen LogP contribution is -2.46. The number of benzene rings is 2. The second-order valence-corrected chi connectivity index (χ2v) is 9.50. The highest BCUT2D eigenvalue weighted by Gasteiger charge is 2.39. The molecule has 0 bridgehead atoms. The predicted octanol–water partition coefficient (Wildman–Crippen LogP) is 3.85. The molecule has 0 saturated carbocycles. The van der Waals surface area contributed by atoms with Crippen LogP contribution in [0.15, 0.2) is 59.5 Å². The van der Waals surface area contributed by atoms with E-state index in [1.54, 1.807) is 23.5 Å². The molecule has 2 aromatic rings. The number of rotatable bonds is 4. The third kappa shape index (κ3) is 3.35. The van der Waals surface area contributed by atoms with Gasteiger partial charge in [-0.05, 0) is 56.1 Å². The molecule has 1 heterocycles. The maximum Gasteiger partial charge on any atom is 0.243 e. The van der Waals surface area contributed by atoms with Crippen LogP contribution in [0.25, 0.3) is 6.08 Å². The highest BCUT2D eigenvalue weighted by Crippen LogP contribution is 2.38. The lowest BCUT2D eigenvalue weighted by atomic mass is 9.88. The third-order valence-electron chi connectivity index (χ3n) is 5.76. The minimum Gasteiger partial charge on any atom is -0.295 e. The minimum absolute atomic E-state index is 0.0626. The first-order valence-electron chi connectivity index (χ1n) is 9.54. The fourth-order valence-corrected chi connectivity index (χ4v) is 5.57. The van der Waals surface area contributed by atoms with E-state index in [2.05, 4.69) is 29.2 Å². The van der Waals surface area contributed by atoms with Crippen LogP contribution in [0.1, 0.15) is 35.6 Å². The van der Waals surface area contributed by atoms with Gasteiger partial charge in [0.15, 0.2) is 0 Å². The Morgan fingerprint density at radius 2 is 1.67 bits per heavy atom. The van der Waals surface area contributed by atoms with Gasteiger partial charge in [-0.3, -0.25) is 4.90 Å². The van der Waals surface area contributed by atoms with Crippen LogP contribution in [0.5, 0.6) is 0 Å². The lowest BCUT2D eigenvalue weighted by molar-refractivity contribution is 0.191. The Kier molecular flexibility index (Phi) is 4.93. The fraction of sp³-hybridized carbons (Fsp3) is 0.364. The number of likely N-dealkylation sites (tertiary alicyclic amines) is 1. The number of hydrogen-bond donors (Lipinski definition) is 0. The molecular formula is C22H26N2O2S. The van der Waals surface area contributed by atoms with E-state index < -0.39 is 10.0 Å². The molecule has 5 heteroatoms. The van der Waals surface area contributed by atoms with Gasteiger partial charge >= 0.3 is 0 Å². The summed E-state index contributed by atoms with van der Waals surface area (Å²) in [6.07, 6.45) is 6.67. The van der Waals surface area contributed by atoms with Crippen molar-refractivity contribution in [3.8, 4) is 0 Å². The zero-order valence-electron chi connectivity index (χ0n) is 15.9. The van der Waals surface area contributed by atoms with E-state index in [9.17, 15) is 8.42 Å². The molecule has 1 fully saturated rings. The van der Waals surface area contributed by atoms with Crippen molar-refractivity contribution in [2.24, 2.45) is 0 Å². The quantitative estimate of drug-likeness (QED) is 0.806. The van der Waals surface area contributed by atoms with Gasteiger partial charge in [-0.15, -0.1) is 0 Å². The monoisotopic (exact) mass is 382 g/mol. The van der Waals surface area contributed by atoms with Gasteiger partial charge in [0.05, 0.1) is 10.9 Å². The van der Waals surface area contributed by atoms with Crippen molar-refractivity contribution >= 4 is 16.1 Å². The first kappa shape index (κ1) is 18.4. The number of aryl methyl sites for hydroxylation is 1. The second kappa shape index (κ2) is 7.23. The molecule has 2 aromatic carbocycles. The Morgan fingerprint density at radius 1 is 1.00 bits per heavy atom. The molecule has 1 aliphatic carbocycles. The summed E-state index contributed by atoms with van der Waals surface area (Å²) in [6, 6.07) is 15.1. The average Bonchev–Trinajstić information content (AvgIpc) is 3.21. The average molecular weight is 383 g/mol. The normalized spacial score (nSPS) is 22.9. The summed E-state index contributed by atoms with van der Waals surface area (Å²) in [4.78, 5) is 2.76. The molecule has 2 aliphatic rings. The molecule has 4 nitrogen and oxygen atoms in total. The Hall–Kier alpha value is -1.95. The molecular weight excluding hydrogens is 356 g/mol. The van der Waals surface area contributed by atoms with E-state index in [-0.39, 0.29) is 12.1 Å². The van der Waals surface area contributed by atoms with Gasteiger partial charge in [-0.1, -0.05) is 54.1 Å². The van der Waals surface area contributed by atoms with Crippen LogP contribution in [0.4, 0.5) is 0 Å². The van der Waals surface area contributed by atoms with Gasteiger partial charge in [0.1, 0.15) is 0 Å². The summed E-state index contributed by atoms with van der Waals surface area (Å²) >= 11 is 0. The minimum atomic E-state index is -3.59. The van der Waals surface area contributed by atoms with Crippen LogP contribution >= 0.6 is 0 Å². The summed E-state index contributed by atoms with van der Waals surface area (Å²) in [5, 5.41) is 0. The number of likely N-dealkylation sites (N-methyl/N-ethyl adjacent to an activating group) is 1. The maximum absolute atomic E-state index is 13.4. The molecule has 0 aromatic heterocycles. The molecule has 0 radical (unpaired) electrons. The molecule has 2 unspecified atom stereocenters. The zero-order valence-corrected chi connectivity index (χ0v) is 16.7. The zero-order chi connectivity index (χ0) is 19.0. The fourth-order valence-electron chi connectivity index (χ4n) is 4.22. The SMILES string of the molecule is Cc1ccc(S(=O)(=O)N(C)C2c3ccccc3C=CC2N2CCCC2)cc1. The third-order valence-corrected chi connectivity index (χ3v) is 7.62. The van der Waals surface area contributed by atoms with E-state index in [0.717, 1.165) is 29.8 Å². The van der Waals surface area contributed by atoms with Gasteiger partial charge < -0.3 is 0 Å². The Balaban J connectivity index is 1.77. The molecule has 0 N–H and O–H groups in total. The molecule has 27 heavy (non-hydrogen) atoms. The standard InChI is InChI=1S/C22H26N2O2S/c1-17-9-12-19(13-10-17)27(25,26)23(2)22-20-8-4-3-7-18(20)11-14-21(22)24-15-5-6-16-24/h3-4,7-14,21-22H,5-6,15-16H2,1-2H3. The van der Waals surface area contributed by atoms with Crippen molar-refractivity contribution < 1.29 is 8.42 Å². The molecule has 0 spiro atoms. The maximum atomic E-state index is 13.4. The number of sulfonamides is 1. The number of hydrogen-bond acceptors (Lipinski definition) is 3. The van der Waals surface area contributed by atoms with E-state index >= 15 is 0 Å². The van der Waals surface area contributed by atoms with Crippen molar-refractivity contribution in [1.82, 2.24) is 9.21 Å². The van der Waals surface area contributed by atoms with Crippen molar-refractivity contribution in [2.45, 2.75) is 36.7 Å². The van der Waals surface area contributed by atoms with Gasteiger partial charge in [-0.2, -0.15) is 4.31 Å². The lowest BCUT2D eigenvalue weighted by Gasteiger charge is -2.40. The Labute approximate surface area is 162 Å². The van der Waals surface area contributed by atoms with Crippen LogP contribution in [0.2, 0.25) is 0 Å². The summed E-state index contributed by atoms with van der Waals surface area (Å²) in [5.74, 6) is 0. The van der Waals surface area contributed by atoms with Crippen LogP contribution in [-0.4, -0.2) is 43.8 Å². The first-order chi connectivity index (χ1) is 13.0. The Bertz CT molecular complexity index is 945. The van der Waals surface area contributed by atoms with Gasteiger partial charge in [0.2, 0.25) is 10.0 Å². The molecule has 1 saturated heterocycles. The van der Waals surface area contributed by atoms with E-state index in [1.165, 1.54) is 12.8 Å². The van der Waals surface area contributed by atoms with Gasteiger partial charge in [0, 0.05) is 13.1 Å². The summed E-state index contributed by atoms with van der Waals surface area (Å²) in [5.41, 5.74) is 3.23. The topological polar surface area (TPSA) is 40.6 Å². The van der Waals surface area contributed by atoms with Crippen LogP contribution in [-0.2, 0) is 10.0 Å². The Morgan fingerprint density at radius 3 is 2.37 bits per heavy atom. The van der Waals surface area contributed by atoms with Crippen LogP contribution in [0, 0.1) is 6.92 Å². The van der Waals surface area contributed by atoms with E-state index in [0.29, 0.717) is 4.90 Å². The molecule has 2 atom stereocenters. The smallest absolute Gasteiger partial charge is 0.243 e. The molecule has 1 aliphatic heterocycles. The first-order valence-corrected chi connectivity index (χ1v) is 11.0. The van der Waals surface area contributed by atoms with Gasteiger partial charge in [0.25, 0.3) is 0 Å². The largest absolute Gasteiger partial charge is 0.295 e. The highest BCUT2D eigenvalue weighted by molar-refractivity contribution is 7.89. The van der Waals surface area contributed by atoms with Gasteiger partial charge in [-0.25, -0.2) is 8.42 Å². The molecule has 4 rings (SSSR count). The number of nitrogens with zero attached hydrogens (tertiary/aromatic N) is 2. The van der Waals surface area contributed by atoms with Crippen LogP contribution in [0.3, 0.4) is 0 Å². The second-order valence-electron chi connectivity index (χ2n) is 7.50. The summed E-state index contributed by atoms with van der Waals surface area (Å²) in [7, 11) is -1.87. The van der Waals surface area contributed by atoms with Crippen LogP contribution < -0.4 is 0 Å². The van der Waals surface area contributed by atoms with Crippen molar-refractivity contribution in [3.63, 3.8) is 0 Å². The summed E-state index contributed by atoms with van der Waals surface area (Å²) in [6.45, 7) is 4.00. The molecule has 142 valence electrons. The number of fused-ring (bicyclic) bond motifs is 1. The van der Waals surface area contributed by atoms with E-state index in [4.69, 9.17) is 0 Å². The predicted molar refractivity (Wildman–Crippen MR) is 109 cm³/mol. The summed E-state index contributed by atoms with van der Waals surface area (Å²) < 4.78 is 28.4. The molecule has 0 amide bonds. The van der Waals surface area contributed by atoms with E-state index in [1.807, 2.05) is 31.2 Å². The van der Waals surface area contributed by atoms with Crippen molar-refractivity contribution in [1.29, 1.82) is 0 Å².